The highest BCUT2D eigenvalue weighted by molar-refractivity contribution is 6.11. The van der Waals surface area contributed by atoms with Crippen LogP contribution >= 0.6 is 0 Å². The van der Waals surface area contributed by atoms with Crippen molar-refractivity contribution in [3.63, 3.8) is 0 Å². The lowest BCUT2D eigenvalue weighted by molar-refractivity contribution is 1.13. The highest BCUT2D eigenvalue weighted by atomic mass is 15.0. The van der Waals surface area contributed by atoms with Crippen LogP contribution in [0.15, 0.2) is 182 Å². The van der Waals surface area contributed by atoms with Gasteiger partial charge in [0.1, 0.15) is 0 Å². The molecule has 0 aliphatic heterocycles. The molecule has 4 heteroatoms. The molecule has 0 aliphatic rings. The topological polar surface area (TPSA) is 38.0 Å². The lowest BCUT2D eigenvalue weighted by atomic mass is 9.93. The van der Waals surface area contributed by atoms with Gasteiger partial charge in [-0.05, 0) is 118 Å². The molecule has 10 aromatic rings. The van der Waals surface area contributed by atoms with Gasteiger partial charge in [-0.3, -0.25) is 0 Å². The number of rotatable bonds is 5. The maximum atomic E-state index is 9.84. The summed E-state index contributed by atoms with van der Waals surface area (Å²) in [5, 5.41) is 14.1. The van der Waals surface area contributed by atoms with Crippen LogP contribution in [0, 0.1) is 17.9 Å². The van der Waals surface area contributed by atoms with E-state index in [4.69, 9.17) is 6.57 Å². The molecule has 10 rings (SSSR count). The van der Waals surface area contributed by atoms with Crippen LogP contribution in [-0.2, 0) is 0 Å². The molecule has 0 N–H and O–H groups in total. The van der Waals surface area contributed by atoms with Crippen molar-refractivity contribution in [3.8, 4) is 50.8 Å². The van der Waals surface area contributed by atoms with Crippen molar-refractivity contribution in [2.75, 3.05) is 0 Å². The zero-order valence-corrected chi connectivity index (χ0v) is 29.1. The minimum atomic E-state index is 0.619. The molecule has 0 saturated carbocycles. The smallest absolute Gasteiger partial charge is 0.188 e. The zero-order chi connectivity index (χ0) is 36.2. The van der Waals surface area contributed by atoms with Gasteiger partial charge in [-0.25, -0.2) is 4.85 Å². The number of nitriles is 1. The van der Waals surface area contributed by atoms with E-state index in [-0.39, 0.29) is 0 Å². The summed E-state index contributed by atoms with van der Waals surface area (Å²) in [5.41, 5.74) is 14.2. The van der Waals surface area contributed by atoms with Gasteiger partial charge >= 0.3 is 0 Å². The van der Waals surface area contributed by atoms with E-state index in [2.05, 4.69) is 178 Å². The normalized spacial score (nSPS) is 11.3. The number of fused-ring (bicyclic) bond motifs is 6. The first-order chi connectivity index (χ1) is 26.7. The third-order valence-corrected chi connectivity index (χ3v) is 10.5. The number of nitrogens with zero attached hydrogens (tertiary/aromatic N) is 4. The first-order valence-corrected chi connectivity index (χ1v) is 17.9. The Morgan fingerprint density at radius 1 is 0.389 bits per heavy atom. The van der Waals surface area contributed by atoms with Crippen LogP contribution in [0.25, 0.3) is 93.2 Å². The summed E-state index contributed by atoms with van der Waals surface area (Å²) in [7, 11) is 0. The van der Waals surface area contributed by atoms with Crippen LogP contribution in [0.3, 0.4) is 0 Å². The summed E-state index contributed by atoms with van der Waals surface area (Å²) in [6, 6.07) is 66.0. The molecule has 0 fully saturated rings. The van der Waals surface area contributed by atoms with Crippen LogP contribution in [0.5, 0.6) is 0 Å². The molecule has 2 heterocycles. The van der Waals surface area contributed by atoms with Crippen molar-refractivity contribution >= 4 is 49.3 Å². The van der Waals surface area contributed by atoms with Gasteiger partial charge in [-0.2, -0.15) is 5.26 Å². The van der Waals surface area contributed by atoms with Crippen LogP contribution in [0.1, 0.15) is 5.56 Å². The van der Waals surface area contributed by atoms with E-state index in [9.17, 15) is 5.26 Å². The Hall–Kier alpha value is -7.66. The number of hydrogen-bond acceptors (Lipinski definition) is 1. The Morgan fingerprint density at radius 2 is 0.833 bits per heavy atom. The van der Waals surface area contributed by atoms with E-state index in [1.807, 2.05) is 24.3 Å². The minimum absolute atomic E-state index is 0.619. The highest BCUT2D eigenvalue weighted by Gasteiger charge is 2.19. The Morgan fingerprint density at radius 3 is 1.37 bits per heavy atom. The van der Waals surface area contributed by atoms with Crippen molar-refractivity contribution in [2.24, 2.45) is 0 Å². The Balaban J connectivity index is 1.32. The lowest BCUT2D eigenvalue weighted by Gasteiger charge is -2.17. The molecular weight excluding hydrogens is 657 g/mol. The first-order valence-electron chi connectivity index (χ1n) is 17.9. The van der Waals surface area contributed by atoms with E-state index in [1.165, 1.54) is 0 Å². The van der Waals surface area contributed by atoms with Crippen LogP contribution in [0.2, 0.25) is 0 Å². The summed E-state index contributed by atoms with van der Waals surface area (Å²) in [5.74, 6) is 0. The molecule has 4 nitrogen and oxygen atoms in total. The van der Waals surface area contributed by atoms with Crippen LogP contribution in [0.4, 0.5) is 5.69 Å². The molecule has 8 aromatic carbocycles. The fraction of sp³-hybridized carbons (Fsp3) is 0. The van der Waals surface area contributed by atoms with Crippen molar-refractivity contribution in [1.82, 2.24) is 9.13 Å². The third kappa shape index (κ3) is 5.06. The zero-order valence-electron chi connectivity index (χ0n) is 29.1. The van der Waals surface area contributed by atoms with Gasteiger partial charge in [0.05, 0.1) is 40.3 Å². The number of hydrogen-bond donors (Lipinski definition) is 0. The molecule has 0 atom stereocenters. The second-order valence-electron chi connectivity index (χ2n) is 13.6. The molecule has 0 aliphatic carbocycles. The monoisotopic (exact) mass is 686 g/mol. The van der Waals surface area contributed by atoms with Crippen molar-refractivity contribution < 1.29 is 0 Å². The molecule has 2 aromatic heterocycles. The largest absolute Gasteiger partial charge is 0.309 e. The second kappa shape index (κ2) is 12.5. The molecule has 0 unspecified atom stereocenters. The van der Waals surface area contributed by atoms with Gasteiger partial charge in [-0.15, -0.1) is 0 Å². The summed E-state index contributed by atoms with van der Waals surface area (Å²) in [6.45, 7) is 7.74. The van der Waals surface area contributed by atoms with Gasteiger partial charge in [0.25, 0.3) is 0 Å². The number of benzene rings is 8. The molecular formula is C50H30N4. The Kier molecular flexibility index (Phi) is 7.22. The van der Waals surface area contributed by atoms with Gasteiger partial charge in [0.2, 0.25) is 0 Å². The SMILES string of the molecule is [C-]#[N+]c1ccc2c(c1)c1ccccc1n2-c1cc(-c2cc(-c3ccccc3)cc(-c3ccccc3)c2)cc(-n2c3ccccc3c3cc(C#N)ccc32)c1. The molecule has 250 valence electrons. The van der Waals surface area contributed by atoms with E-state index in [1.54, 1.807) is 0 Å². The summed E-state index contributed by atoms with van der Waals surface area (Å²) >= 11 is 0. The molecule has 54 heavy (non-hydrogen) atoms. The predicted octanol–water partition coefficient (Wildman–Crippen LogP) is 13.3. The van der Waals surface area contributed by atoms with E-state index in [0.29, 0.717) is 11.3 Å². The highest BCUT2D eigenvalue weighted by Crippen LogP contribution is 2.40. The second-order valence-corrected chi connectivity index (χ2v) is 13.6. The average Bonchev–Trinajstić information content (AvgIpc) is 3.76. The summed E-state index contributed by atoms with van der Waals surface area (Å²) in [6.07, 6.45) is 0. The van der Waals surface area contributed by atoms with E-state index in [0.717, 1.165) is 88.4 Å². The van der Waals surface area contributed by atoms with E-state index < -0.39 is 0 Å². The number of para-hydroxylation sites is 2. The summed E-state index contributed by atoms with van der Waals surface area (Å²) in [4.78, 5) is 3.77. The van der Waals surface area contributed by atoms with Gasteiger partial charge in [-0.1, -0.05) is 103 Å². The average molecular weight is 687 g/mol. The number of aromatic nitrogens is 2. The summed E-state index contributed by atoms with van der Waals surface area (Å²) < 4.78 is 4.65. The standard InChI is InChI=1S/C50H30N4/c1-52-40-21-23-50-46(30-40)44-17-9-11-19-48(44)54(50)42-29-39(38-26-36(34-12-4-2-5-13-34)25-37(27-38)35-14-6-3-7-15-35)28-41(31-42)53-47-18-10-8-16-43(47)45-24-33(32-51)20-22-49(45)53/h2-31H. The fourth-order valence-electron chi connectivity index (χ4n) is 8.04. The van der Waals surface area contributed by atoms with Gasteiger partial charge in [0, 0.05) is 27.5 Å². The molecule has 0 saturated heterocycles. The van der Waals surface area contributed by atoms with Crippen LogP contribution < -0.4 is 0 Å². The predicted molar refractivity (Wildman–Crippen MR) is 222 cm³/mol. The minimum Gasteiger partial charge on any atom is -0.309 e. The Bertz CT molecular complexity index is 2960. The maximum absolute atomic E-state index is 9.84. The van der Waals surface area contributed by atoms with Crippen molar-refractivity contribution in [2.45, 2.75) is 0 Å². The lowest BCUT2D eigenvalue weighted by Crippen LogP contribution is -2.00. The van der Waals surface area contributed by atoms with Crippen LogP contribution in [-0.4, -0.2) is 9.13 Å². The van der Waals surface area contributed by atoms with Crippen molar-refractivity contribution in [1.29, 1.82) is 5.26 Å². The van der Waals surface area contributed by atoms with Gasteiger partial charge < -0.3 is 9.13 Å². The fourth-order valence-corrected chi connectivity index (χ4v) is 8.04. The van der Waals surface area contributed by atoms with E-state index >= 15 is 0 Å². The molecule has 0 radical (unpaired) electrons. The molecule has 0 bridgehead atoms. The van der Waals surface area contributed by atoms with Crippen molar-refractivity contribution in [3.05, 3.63) is 199 Å². The third-order valence-electron chi connectivity index (χ3n) is 10.5. The molecule has 0 spiro atoms. The first kappa shape index (κ1) is 31.1. The van der Waals surface area contributed by atoms with Gasteiger partial charge in [0.15, 0.2) is 5.69 Å². The molecule has 0 amide bonds. The quantitative estimate of drug-likeness (QED) is 0.166. The maximum Gasteiger partial charge on any atom is 0.188 e. The Labute approximate surface area is 312 Å².